The van der Waals surface area contributed by atoms with Crippen LogP contribution >= 0.6 is 22.9 Å². The number of nitrogens with zero attached hydrogens (tertiary/aromatic N) is 2. The van der Waals surface area contributed by atoms with Crippen molar-refractivity contribution in [3.8, 4) is 0 Å². The first-order valence-electron chi connectivity index (χ1n) is 7.89. The van der Waals surface area contributed by atoms with Gasteiger partial charge in [0.2, 0.25) is 5.28 Å². The second-order valence-corrected chi connectivity index (χ2v) is 7.01. The zero-order valence-electron chi connectivity index (χ0n) is 14.4. The van der Waals surface area contributed by atoms with Gasteiger partial charge >= 0.3 is 5.97 Å². The van der Waals surface area contributed by atoms with Crippen molar-refractivity contribution >= 4 is 50.6 Å². The Labute approximate surface area is 155 Å². The van der Waals surface area contributed by atoms with Crippen LogP contribution in [0, 0.1) is 20.8 Å². The molecule has 0 saturated heterocycles. The lowest BCUT2D eigenvalue weighted by atomic mass is 10.1. The first-order valence-corrected chi connectivity index (χ1v) is 9.08. The Kier molecular flexibility index (Phi) is 4.92. The van der Waals surface area contributed by atoms with E-state index in [9.17, 15) is 4.79 Å². The van der Waals surface area contributed by atoms with Crippen LogP contribution in [0.25, 0.3) is 10.2 Å². The lowest BCUT2D eigenvalue weighted by Crippen LogP contribution is -2.04. The van der Waals surface area contributed by atoms with Gasteiger partial charge in [-0.1, -0.05) is 12.1 Å². The normalized spacial score (nSPS) is 10.9. The molecule has 0 aliphatic heterocycles. The van der Waals surface area contributed by atoms with Gasteiger partial charge in [0, 0.05) is 5.69 Å². The predicted octanol–water partition coefficient (Wildman–Crippen LogP) is 5.19. The van der Waals surface area contributed by atoms with Crippen LogP contribution in [0.15, 0.2) is 18.2 Å². The van der Waals surface area contributed by atoms with E-state index in [0.717, 1.165) is 22.2 Å². The van der Waals surface area contributed by atoms with E-state index < -0.39 is 0 Å². The number of carbonyl (C=O) groups is 1. The van der Waals surface area contributed by atoms with E-state index in [-0.39, 0.29) is 11.3 Å². The average Bonchev–Trinajstić information content (AvgIpc) is 2.89. The van der Waals surface area contributed by atoms with Gasteiger partial charge in [-0.3, -0.25) is 0 Å². The fourth-order valence-electron chi connectivity index (χ4n) is 2.61. The fourth-order valence-corrected chi connectivity index (χ4v) is 3.90. The molecule has 2 heterocycles. The molecule has 3 rings (SSSR count). The van der Waals surface area contributed by atoms with Crippen LogP contribution < -0.4 is 5.32 Å². The second-order valence-electron chi connectivity index (χ2n) is 5.67. The van der Waals surface area contributed by atoms with Crippen LogP contribution in [0.4, 0.5) is 11.5 Å². The minimum absolute atomic E-state index is 0.136. The van der Waals surface area contributed by atoms with Crippen molar-refractivity contribution in [3.63, 3.8) is 0 Å². The number of aryl methyl sites for hydroxylation is 2. The Hall–Kier alpha value is -2.18. The number of aromatic nitrogens is 2. The number of anilines is 2. The lowest BCUT2D eigenvalue weighted by Gasteiger charge is -2.12. The van der Waals surface area contributed by atoms with Crippen LogP contribution in [0.3, 0.4) is 0 Å². The van der Waals surface area contributed by atoms with Gasteiger partial charge in [0.1, 0.15) is 15.5 Å². The standard InChI is InChI=1S/C18H18ClN3O2S/c1-5-24-17(23)14-11(4)13-15(21-18(19)22-16(13)25-14)20-12-8-6-7-9(2)10(12)3/h6-8H,5H2,1-4H3,(H,20,21,22). The molecule has 5 nitrogen and oxygen atoms in total. The van der Waals surface area contributed by atoms with E-state index >= 15 is 0 Å². The van der Waals surface area contributed by atoms with Crippen molar-refractivity contribution in [3.05, 3.63) is 45.1 Å². The molecule has 0 atom stereocenters. The highest BCUT2D eigenvalue weighted by Gasteiger charge is 2.21. The fraction of sp³-hybridized carbons (Fsp3) is 0.278. The molecule has 0 spiro atoms. The Morgan fingerprint density at radius 2 is 2.00 bits per heavy atom. The second kappa shape index (κ2) is 6.98. The number of fused-ring (bicyclic) bond motifs is 1. The molecule has 7 heteroatoms. The summed E-state index contributed by atoms with van der Waals surface area (Å²) >= 11 is 7.36. The van der Waals surface area contributed by atoms with Crippen LogP contribution in [0.2, 0.25) is 5.28 Å². The van der Waals surface area contributed by atoms with Gasteiger partial charge in [0.15, 0.2) is 0 Å². The zero-order chi connectivity index (χ0) is 18.1. The molecule has 0 bridgehead atoms. The van der Waals surface area contributed by atoms with Crippen LogP contribution in [0.1, 0.15) is 33.3 Å². The number of hydrogen-bond donors (Lipinski definition) is 1. The molecule has 0 unspecified atom stereocenters. The molecular weight excluding hydrogens is 358 g/mol. The number of thiophene rings is 1. The molecule has 0 radical (unpaired) electrons. The zero-order valence-corrected chi connectivity index (χ0v) is 16.0. The quantitative estimate of drug-likeness (QED) is 0.502. The molecule has 130 valence electrons. The van der Waals surface area contributed by atoms with Gasteiger partial charge in [-0.15, -0.1) is 11.3 Å². The summed E-state index contributed by atoms with van der Waals surface area (Å²) in [6.07, 6.45) is 0. The number of rotatable bonds is 4. The average molecular weight is 376 g/mol. The highest BCUT2D eigenvalue weighted by atomic mass is 35.5. The van der Waals surface area contributed by atoms with Crippen molar-refractivity contribution in [2.75, 3.05) is 11.9 Å². The molecule has 0 aliphatic carbocycles. The maximum absolute atomic E-state index is 12.2. The Morgan fingerprint density at radius 1 is 1.24 bits per heavy atom. The van der Waals surface area contributed by atoms with Gasteiger partial charge in [0.05, 0.1) is 12.0 Å². The first-order chi connectivity index (χ1) is 11.9. The van der Waals surface area contributed by atoms with Gasteiger partial charge in [-0.2, -0.15) is 4.98 Å². The third-order valence-electron chi connectivity index (χ3n) is 4.08. The van der Waals surface area contributed by atoms with E-state index in [1.807, 2.05) is 26.0 Å². The Morgan fingerprint density at radius 3 is 2.72 bits per heavy atom. The number of halogens is 1. The maximum atomic E-state index is 12.2. The summed E-state index contributed by atoms with van der Waals surface area (Å²) in [7, 11) is 0. The minimum Gasteiger partial charge on any atom is -0.462 e. The summed E-state index contributed by atoms with van der Waals surface area (Å²) in [5, 5.41) is 4.27. The molecule has 25 heavy (non-hydrogen) atoms. The van der Waals surface area contributed by atoms with E-state index in [0.29, 0.717) is 22.1 Å². The SMILES string of the molecule is CCOC(=O)c1sc2nc(Cl)nc(Nc3cccc(C)c3C)c2c1C. The van der Waals surface area contributed by atoms with Crippen LogP contribution in [-0.2, 0) is 4.74 Å². The number of ether oxygens (including phenoxy) is 1. The summed E-state index contributed by atoms with van der Waals surface area (Å²) in [6.45, 7) is 8.08. The van der Waals surface area contributed by atoms with E-state index in [1.165, 1.54) is 16.9 Å². The molecule has 0 saturated carbocycles. The summed E-state index contributed by atoms with van der Waals surface area (Å²) in [6, 6.07) is 6.02. The van der Waals surface area contributed by atoms with Crippen molar-refractivity contribution in [1.82, 2.24) is 9.97 Å². The molecule has 1 N–H and O–H groups in total. The van der Waals surface area contributed by atoms with E-state index in [1.54, 1.807) is 6.92 Å². The molecule has 1 aromatic carbocycles. The largest absolute Gasteiger partial charge is 0.462 e. The van der Waals surface area contributed by atoms with Crippen LogP contribution in [0.5, 0.6) is 0 Å². The maximum Gasteiger partial charge on any atom is 0.348 e. The first kappa shape index (κ1) is 17.6. The summed E-state index contributed by atoms with van der Waals surface area (Å²) < 4.78 is 5.13. The number of esters is 1. The molecule has 0 aliphatic rings. The van der Waals surface area contributed by atoms with Gasteiger partial charge < -0.3 is 10.1 Å². The highest BCUT2D eigenvalue weighted by molar-refractivity contribution is 7.20. The monoisotopic (exact) mass is 375 g/mol. The summed E-state index contributed by atoms with van der Waals surface area (Å²) in [5.41, 5.74) is 4.04. The lowest BCUT2D eigenvalue weighted by molar-refractivity contribution is 0.0531. The topological polar surface area (TPSA) is 64.1 Å². The van der Waals surface area contributed by atoms with Gasteiger partial charge in [0.25, 0.3) is 0 Å². The molecule has 2 aromatic heterocycles. The third-order valence-corrected chi connectivity index (χ3v) is 5.42. The van der Waals surface area contributed by atoms with Crippen molar-refractivity contribution in [2.24, 2.45) is 0 Å². The number of carbonyl (C=O) groups excluding carboxylic acids is 1. The Balaban J connectivity index is 2.14. The van der Waals surface area contributed by atoms with Crippen molar-refractivity contribution in [1.29, 1.82) is 0 Å². The summed E-state index contributed by atoms with van der Waals surface area (Å²) in [4.78, 5) is 22.0. The molecule has 0 amide bonds. The van der Waals surface area contributed by atoms with Crippen molar-refractivity contribution in [2.45, 2.75) is 27.7 Å². The molecular formula is C18H18ClN3O2S. The van der Waals surface area contributed by atoms with E-state index in [4.69, 9.17) is 16.3 Å². The summed E-state index contributed by atoms with van der Waals surface area (Å²) in [5.74, 6) is 0.241. The number of benzene rings is 1. The van der Waals surface area contributed by atoms with Crippen LogP contribution in [-0.4, -0.2) is 22.5 Å². The van der Waals surface area contributed by atoms with Crippen molar-refractivity contribution < 1.29 is 9.53 Å². The Bertz CT molecular complexity index is 969. The number of hydrogen-bond acceptors (Lipinski definition) is 6. The molecule has 3 aromatic rings. The third kappa shape index (κ3) is 3.32. The minimum atomic E-state index is -0.350. The number of nitrogens with one attached hydrogen (secondary N) is 1. The van der Waals surface area contributed by atoms with E-state index in [2.05, 4.69) is 28.3 Å². The van der Waals surface area contributed by atoms with Gasteiger partial charge in [-0.25, -0.2) is 9.78 Å². The predicted molar refractivity (Wildman–Crippen MR) is 102 cm³/mol. The van der Waals surface area contributed by atoms with Gasteiger partial charge in [-0.05, 0) is 62.1 Å². The highest BCUT2D eigenvalue weighted by Crippen LogP contribution is 2.36. The smallest absolute Gasteiger partial charge is 0.348 e. The molecule has 0 fully saturated rings.